The van der Waals surface area contributed by atoms with Crippen molar-refractivity contribution in [2.75, 3.05) is 6.54 Å². The number of hydrogen-bond donors (Lipinski definition) is 0. The van der Waals surface area contributed by atoms with Crippen molar-refractivity contribution in [3.8, 4) is 0 Å². The Balaban J connectivity index is 2.88. The molecule has 12 heavy (non-hydrogen) atoms. The van der Waals surface area contributed by atoms with E-state index in [9.17, 15) is 4.39 Å². The molecule has 0 N–H and O–H groups in total. The van der Waals surface area contributed by atoms with Gasteiger partial charge in [-0.05, 0) is 11.6 Å². The highest BCUT2D eigenvalue weighted by molar-refractivity contribution is 5.21. The third-order valence-electron chi connectivity index (χ3n) is 1.80. The normalized spacial score (nSPS) is 12.1. The molecule has 1 unspecified atom stereocenters. The number of halogens is 1. The lowest BCUT2D eigenvalue weighted by Gasteiger charge is -2.05. The molecule has 1 rings (SSSR count). The maximum Gasteiger partial charge on any atom is 0.221 e. The Bertz CT molecular complexity index is 301. The largest absolute Gasteiger partial charge is 0.316 e. The molecule has 62 valence electrons. The summed E-state index contributed by atoms with van der Waals surface area (Å²) in [5, 5.41) is 0. The summed E-state index contributed by atoms with van der Waals surface area (Å²) >= 11 is 0. The van der Waals surface area contributed by atoms with Gasteiger partial charge in [0.2, 0.25) is 6.54 Å². The summed E-state index contributed by atoms with van der Waals surface area (Å²) in [5.74, 6) is -0.225. The molecular weight excluding hydrogens is 153 g/mol. The lowest BCUT2D eigenvalue weighted by atomic mass is 10.0. The quantitative estimate of drug-likeness (QED) is 0.590. The lowest BCUT2D eigenvalue weighted by molar-refractivity contribution is 0.596. The van der Waals surface area contributed by atoms with E-state index in [0.717, 1.165) is 0 Å². The van der Waals surface area contributed by atoms with Crippen molar-refractivity contribution in [1.29, 1.82) is 0 Å². The van der Waals surface area contributed by atoms with Gasteiger partial charge in [-0.1, -0.05) is 25.1 Å². The molecule has 0 fully saturated rings. The molecule has 2 heteroatoms. The van der Waals surface area contributed by atoms with Crippen molar-refractivity contribution in [2.45, 2.75) is 12.8 Å². The van der Waals surface area contributed by atoms with Crippen LogP contribution in [0.5, 0.6) is 0 Å². The molecule has 0 saturated heterocycles. The number of nitrogens with zero attached hydrogens (tertiary/aromatic N) is 1. The number of hydrogen-bond acceptors (Lipinski definition) is 0. The van der Waals surface area contributed by atoms with Gasteiger partial charge in [0.15, 0.2) is 0 Å². The lowest BCUT2D eigenvalue weighted by Crippen LogP contribution is -1.98. The van der Waals surface area contributed by atoms with Gasteiger partial charge in [-0.25, -0.2) is 11.0 Å². The van der Waals surface area contributed by atoms with Crippen molar-refractivity contribution in [3.63, 3.8) is 0 Å². The van der Waals surface area contributed by atoms with Crippen LogP contribution >= 0.6 is 0 Å². The topological polar surface area (TPSA) is 4.36 Å². The van der Waals surface area contributed by atoms with Gasteiger partial charge < -0.3 is 4.85 Å². The second-order valence-corrected chi connectivity index (χ2v) is 2.76. The van der Waals surface area contributed by atoms with Crippen molar-refractivity contribution in [3.05, 3.63) is 47.1 Å². The van der Waals surface area contributed by atoms with E-state index in [2.05, 4.69) is 4.85 Å². The first kappa shape index (κ1) is 8.73. The van der Waals surface area contributed by atoms with E-state index in [-0.39, 0.29) is 11.7 Å². The zero-order chi connectivity index (χ0) is 8.97. The number of rotatable bonds is 2. The van der Waals surface area contributed by atoms with Crippen LogP contribution in [-0.2, 0) is 0 Å². The first-order valence-corrected chi connectivity index (χ1v) is 3.83. The van der Waals surface area contributed by atoms with Crippen molar-refractivity contribution < 1.29 is 4.39 Å². The Morgan fingerprint density at radius 2 is 2.17 bits per heavy atom. The van der Waals surface area contributed by atoms with Crippen LogP contribution in [0, 0.1) is 12.4 Å². The van der Waals surface area contributed by atoms with Gasteiger partial charge in [-0.2, -0.15) is 0 Å². The van der Waals surface area contributed by atoms with Gasteiger partial charge in [-0.3, -0.25) is 0 Å². The molecule has 0 aliphatic carbocycles. The molecule has 1 aromatic rings. The van der Waals surface area contributed by atoms with Crippen LogP contribution in [0.25, 0.3) is 4.85 Å². The molecule has 0 aromatic heterocycles. The van der Waals surface area contributed by atoms with E-state index in [0.29, 0.717) is 12.1 Å². The minimum absolute atomic E-state index is 0.0105. The molecule has 0 heterocycles. The van der Waals surface area contributed by atoms with Crippen LogP contribution in [0.3, 0.4) is 0 Å². The molecule has 0 aliphatic rings. The van der Waals surface area contributed by atoms with Crippen LogP contribution in [0.4, 0.5) is 4.39 Å². The zero-order valence-electron chi connectivity index (χ0n) is 6.92. The average molecular weight is 163 g/mol. The third kappa shape index (κ3) is 1.82. The van der Waals surface area contributed by atoms with Crippen LogP contribution in [0.15, 0.2) is 24.3 Å². The summed E-state index contributed by atoms with van der Waals surface area (Å²) in [5.41, 5.74) is 0.633. The van der Waals surface area contributed by atoms with Crippen molar-refractivity contribution in [2.24, 2.45) is 0 Å². The van der Waals surface area contributed by atoms with E-state index in [1.165, 1.54) is 6.07 Å². The van der Waals surface area contributed by atoms with Gasteiger partial charge in [0.05, 0.1) is 5.92 Å². The SMILES string of the molecule is [C-]#[N+]CC(C)c1ccccc1F. The zero-order valence-corrected chi connectivity index (χ0v) is 6.92. The molecule has 1 aromatic carbocycles. The van der Waals surface area contributed by atoms with Crippen molar-refractivity contribution in [1.82, 2.24) is 0 Å². The summed E-state index contributed by atoms with van der Waals surface area (Å²) in [6, 6.07) is 6.60. The highest BCUT2D eigenvalue weighted by atomic mass is 19.1. The van der Waals surface area contributed by atoms with Crippen LogP contribution in [0.2, 0.25) is 0 Å². The molecular formula is C10H10FN. The van der Waals surface area contributed by atoms with Gasteiger partial charge >= 0.3 is 0 Å². The predicted octanol–water partition coefficient (Wildman–Crippen LogP) is 2.85. The maximum absolute atomic E-state index is 13.1. The summed E-state index contributed by atoms with van der Waals surface area (Å²) < 4.78 is 13.1. The summed E-state index contributed by atoms with van der Waals surface area (Å²) in [6.07, 6.45) is 0. The molecule has 0 bridgehead atoms. The Labute approximate surface area is 71.7 Å². The van der Waals surface area contributed by atoms with Gasteiger partial charge in [0.1, 0.15) is 5.82 Å². The summed E-state index contributed by atoms with van der Waals surface area (Å²) in [7, 11) is 0. The fourth-order valence-corrected chi connectivity index (χ4v) is 1.11. The molecule has 0 aliphatic heterocycles. The average Bonchev–Trinajstić information content (AvgIpc) is 2.05. The minimum atomic E-state index is -0.214. The molecule has 0 radical (unpaired) electrons. The monoisotopic (exact) mass is 163 g/mol. The van der Waals surface area contributed by atoms with Crippen LogP contribution in [-0.4, -0.2) is 6.54 Å². The highest BCUT2D eigenvalue weighted by Gasteiger charge is 2.11. The standard InChI is InChI=1S/C10H10FN/c1-8(7-12-2)9-5-3-4-6-10(9)11/h3-6,8H,7H2,1H3. The summed E-state index contributed by atoms with van der Waals surface area (Å²) in [6.45, 7) is 8.86. The second kappa shape index (κ2) is 3.87. The smallest absolute Gasteiger partial charge is 0.221 e. The van der Waals surface area contributed by atoms with Crippen LogP contribution in [0.1, 0.15) is 18.4 Å². The fraction of sp³-hybridized carbons (Fsp3) is 0.300. The third-order valence-corrected chi connectivity index (χ3v) is 1.80. The molecule has 1 nitrogen and oxygen atoms in total. The predicted molar refractivity (Wildman–Crippen MR) is 46.3 cm³/mol. The van der Waals surface area contributed by atoms with E-state index in [1.807, 2.05) is 6.92 Å². The molecule has 1 atom stereocenters. The molecule has 0 saturated carbocycles. The number of benzene rings is 1. The van der Waals surface area contributed by atoms with E-state index in [4.69, 9.17) is 6.57 Å². The Morgan fingerprint density at radius 3 is 2.75 bits per heavy atom. The Hall–Kier alpha value is -1.36. The molecule has 0 amide bonds. The van der Waals surface area contributed by atoms with Crippen molar-refractivity contribution >= 4 is 0 Å². The minimum Gasteiger partial charge on any atom is -0.316 e. The first-order chi connectivity index (χ1) is 5.75. The van der Waals surface area contributed by atoms with E-state index < -0.39 is 0 Å². The highest BCUT2D eigenvalue weighted by Crippen LogP contribution is 2.18. The second-order valence-electron chi connectivity index (χ2n) is 2.76. The Kier molecular flexibility index (Phi) is 2.82. The van der Waals surface area contributed by atoms with Crippen LogP contribution < -0.4 is 0 Å². The van der Waals surface area contributed by atoms with E-state index in [1.54, 1.807) is 18.2 Å². The van der Waals surface area contributed by atoms with Gasteiger partial charge in [-0.15, -0.1) is 0 Å². The van der Waals surface area contributed by atoms with E-state index >= 15 is 0 Å². The van der Waals surface area contributed by atoms with Gasteiger partial charge in [0.25, 0.3) is 0 Å². The Morgan fingerprint density at radius 1 is 1.50 bits per heavy atom. The summed E-state index contributed by atoms with van der Waals surface area (Å²) in [4.78, 5) is 3.24. The molecule has 0 spiro atoms. The maximum atomic E-state index is 13.1. The van der Waals surface area contributed by atoms with Gasteiger partial charge in [0, 0.05) is 0 Å². The first-order valence-electron chi connectivity index (χ1n) is 3.83. The fourth-order valence-electron chi connectivity index (χ4n) is 1.11.